The number of carbonyl (C=O) groups excluding carboxylic acids is 3. The summed E-state index contributed by atoms with van der Waals surface area (Å²) in [6.45, 7) is -1.35. The van der Waals surface area contributed by atoms with Crippen LogP contribution in [0.3, 0.4) is 0 Å². The second-order valence-electron chi connectivity index (χ2n) is 6.45. The molecule has 0 spiro atoms. The maximum Gasteiger partial charge on any atom is 0.418 e. The molecule has 2 rings (SSSR count). The van der Waals surface area contributed by atoms with E-state index in [9.17, 15) is 36.3 Å². The van der Waals surface area contributed by atoms with E-state index in [1.807, 2.05) is 0 Å². The van der Waals surface area contributed by atoms with Crippen molar-refractivity contribution in [2.24, 2.45) is 5.73 Å². The molecular weight excluding hydrogens is 419 g/mol. The van der Waals surface area contributed by atoms with Crippen LogP contribution in [-0.4, -0.2) is 68.4 Å². The van der Waals surface area contributed by atoms with Gasteiger partial charge < -0.3 is 20.7 Å². The van der Waals surface area contributed by atoms with Gasteiger partial charge in [-0.3, -0.25) is 19.3 Å². The van der Waals surface area contributed by atoms with E-state index in [1.165, 1.54) is 0 Å². The minimum Gasteiger partial charge on any atom is -0.370 e. The lowest BCUT2D eigenvalue weighted by Gasteiger charge is -2.29. The van der Waals surface area contributed by atoms with Gasteiger partial charge in [-0.2, -0.15) is 13.2 Å². The van der Waals surface area contributed by atoms with Gasteiger partial charge in [0.1, 0.15) is 6.61 Å². The lowest BCUT2D eigenvalue weighted by molar-refractivity contribution is -0.138. The van der Waals surface area contributed by atoms with E-state index in [0.29, 0.717) is 11.0 Å². The van der Waals surface area contributed by atoms with Gasteiger partial charge in [0.05, 0.1) is 24.4 Å². The van der Waals surface area contributed by atoms with Gasteiger partial charge in [0, 0.05) is 12.2 Å². The van der Waals surface area contributed by atoms with Crippen molar-refractivity contribution in [2.45, 2.75) is 18.6 Å². The van der Waals surface area contributed by atoms with Gasteiger partial charge in [-0.1, -0.05) is 0 Å². The van der Waals surface area contributed by atoms with E-state index in [4.69, 9.17) is 10.5 Å². The van der Waals surface area contributed by atoms with Crippen LogP contribution in [0, 0.1) is 0 Å². The summed E-state index contributed by atoms with van der Waals surface area (Å²) in [6.07, 6.45) is -7.74. The van der Waals surface area contributed by atoms with Crippen LogP contribution in [0.25, 0.3) is 0 Å². The fraction of sp³-hybridized carbons (Fsp3) is 0.471. The van der Waals surface area contributed by atoms with Gasteiger partial charge in [0.25, 0.3) is 18.2 Å². The standard InChI is InChI=1S/C17H19F5N4O4/c1-25(7-12(18)19)14(15(23)28)16(29)24-9-2-3-11(10(6-9)17(20,21)22)26-4-5-30-8-13(26)27/h2-3,6,12,14H,4-5,7-8H2,1H3,(H2,23,28)(H,24,29)/t14-/m1/s1. The van der Waals surface area contributed by atoms with Crippen LogP contribution in [-0.2, 0) is 25.3 Å². The van der Waals surface area contributed by atoms with Crippen molar-refractivity contribution in [3.05, 3.63) is 23.8 Å². The number of ether oxygens (including phenoxy) is 1. The number of hydrogen-bond acceptors (Lipinski definition) is 5. The van der Waals surface area contributed by atoms with Crippen molar-refractivity contribution < 1.29 is 41.1 Å². The summed E-state index contributed by atoms with van der Waals surface area (Å²) in [4.78, 5) is 37.3. The second-order valence-corrected chi connectivity index (χ2v) is 6.45. The number of alkyl halides is 5. The molecule has 166 valence electrons. The molecule has 1 heterocycles. The molecule has 8 nitrogen and oxygen atoms in total. The number of rotatable bonds is 7. The molecule has 1 aromatic carbocycles. The third-order valence-corrected chi connectivity index (χ3v) is 4.23. The lowest BCUT2D eigenvalue weighted by Crippen LogP contribution is -2.51. The molecule has 0 aromatic heterocycles. The highest BCUT2D eigenvalue weighted by Crippen LogP contribution is 2.38. The zero-order valence-electron chi connectivity index (χ0n) is 15.7. The Bertz CT molecular complexity index is 818. The number of nitrogens with two attached hydrogens (primary N) is 1. The maximum absolute atomic E-state index is 13.6. The number of halogens is 5. The normalized spacial score (nSPS) is 16.1. The molecule has 1 saturated heterocycles. The second kappa shape index (κ2) is 9.34. The fourth-order valence-electron chi connectivity index (χ4n) is 2.93. The molecule has 13 heteroatoms. The number of hydrogen-bond donors (Lipinski definition) is 2. The number of amides is 3. The van der Waals surface area contributed by atoms with Gasteiger partial charge in [0.15, 0.2) is 6.04 Å². The van der Waals surface area contributed by atoms with Crippen molar-refractivity contribution in [1.29, 1.82) is 0 Å². The van der Waals surface area contributed by atoms with Crippen molar-refractivity contribution >= 4 is 29.1 Å². The van der Waals surface area contributed by atoms with Crippen molar-refractivity contribution in [3.63, 3.8) is 0 Å². The Morgan fingerprint density at radius 1 is 1.33 bits per heavy atom. The van der Waals surface area contributed by atoms with Crippen molar-refractivity contribution in [1.82, 2.24) is 4.90 Å². The van der Waals surface area contributed by atoms with E-state index >= 15 is 0 Å². The summed E-state index contributed by atoms with van der Waals surface area (Å²) >= 11 is 0. The summed E-state index contributed by atoms with van der Waals surface area (Å²) in [6, 6.07) is 0.843. The first-order valence-corrected chi connectivity index (χ1v) is 8.59. The van der Waals surface area contributed by atoms with E-state index < -0.39 is 54.2 Å². The average Bonchev–Trinajstić information content (AvgIpc) is 2.60. The van der Waals surface area contributed by atoms with Gasteiger partial charge in [-0.15, -0.1) is 0 Å². The molecule has 1 aliphatic heterocycles. The highest BCUT2D eigenvalue weighted by Gasteiger charge is 2.37. The fourth-order valence-corrected chi connectivity index (χ4v) is 2.93. The third-order valence-electron chi connectivity index (χ3n) is 4.23. The van der Waals surface area contributed by atoms with Gasteiger partial charge in [-0.25, -0.2) is 8.78 Å². The maximum atomic E-state index is 13.6. The topological polar surface area (TPSA) is 105 Å². The molecule has 0 bridgehead atoms. The molecular formula is C17H19F5N4O4. The molecule has 0 saturated carbocycles. The minimum atomic E-state index is -4.87. The number of nitrogens with zero attached hydrogens (tertiary/aromatic N) is 2. The van der Waals surface area contributed by atoms with E-state index in [1.54, 1.807) is 0 Å². The number of benzene rings is 1. The Hall–Kier alpha value is -2.80. The first kappa shape index (κ1) is 23.5. The number of primary amides is 1. The average molecular weight is 438 g/mol. The number of carbonyl (C=O) groups is 3. The van der Waals surface area contributed by atoms with Crippen molar-refractivity contribution in [3.8, 4) is 0 Å². The van der Waals surface area contributed by atoms with Gasteiger partial charge >= 0.3 is 6.18 Å². The smallest absolute Gasteiger partial charge is 0.370 e. The first-order valence-electron chi connectivity index (χ1n) is 8.59. The molecule has 30 heavy (non-hydrogen) atoms. The monoisotopic (exact) mass is 438 g/mol. The lowest BCUT2D eigenvalue weighted by atomic mass is 10.1. The van der Waals surface area contributed by atoms with Crippen molar-refractivity contribution in [2.75, 3.05) is 43.6 Å². The van der Waals surface area contributed by atoms with E-state index in [2.05, 4.69) is 5.32 Å². The first-order chi connectivity index (χ1) is 13.9. The molecule has 0 unspecified atom stereocenters. The van der Waals surface area contributed by atoms with Crippen LogP contribution in [0.1, 0.15) is 5.56 Å². The molecule has 1 fully saturated rings. The molecule has 0 aliphatic carbocycles. The number of morpholine rings is 1. The summed E-state index contributed by atoms with van der Waals surface area (Å²) in [7, 11) is 1.05. The third kappa shape index (κ3) is 5.63. The molecule has 3 N–H and O–H groups in total. The zero-order chi connectivity index (χ0) is 22.6. The van der Waals surface area contributed by atoms with Crippen LogP contribution in [0.5, 0.6) is 0 Å². The highest BCUT2D eigenvalue weighted by molar-refractivity contribution is 6.09. The minimum absolute atomic E-state index is 0.0539. The zero-order valence-corrected chi connectivity index (χ0v) is 15.7. The van der Waals surface area contributed by atoms with E-state index in [0.717, 1.165) is 24.1 Å². The van der Waals surface area contributed by atoms with Crippen LogP contribution < -0.4 is 16.0 Å². The summed E-state index contributed by atoms with van der Waals surface area (Å²) in [5.41, 5.74) is 3.11. The van der Waals surface area contributed by atoms with Crippen LogP contribution in [0.2, 0.25) is 0 Å². The molecule has 1 aliphatic rings. The van der Waals surface area contributed by atoms with Crippen LogP contribution in [0.15, 0.2) is 18.2 Å². The van der Waals surface area contributed by atoms with E-state index in [-0.39, 0.29) is 25.4 Å². The number of likely N-dealkylation sites (N-methyl/N-ethyl adjacent to an activating group) is 1. The number of nitrogens with one attached hydrogen (secondary N) is 1. The van der Waals surface area contributed by atoms with Gasteiger partial charge in [-0.05, 0) is 25.2 Å². The Morgan fingerprint density at radius 2 is 2.00 bits per heavy atom. The van der Waals surface area contributed by atoms with Crippen LogP contribution in [0.4, 0.5) is 33.3 Å². The Labute approximate surface area is 167 Å². The summed E-state index contributed by atoms with van der Waals surface area (Å²) in [5.74, 6) is -3.08. The Morgan fingerprint density at radius 3 is 2.53 bits per heavy atom. The number of anilines is 2. The quantitative estimate of drug-likeness (QED) is 0.489. The van der Waals surface area contributed by atoms with Crippen LogP contribution >= 0.6 is 0 Å². The predicted octanol–water partition coefficient (Wildman–Crippen LogP) is 1.06. The molecule has 1 aromatic rings. The highest BCUT2D eigenvalue weighted by atomic mass is 19.4. The summed E-state index contributed by atoms with van der Waals surface area (Å²) < 4.78 is 70.7. The predicted molar refractivity (Wildman–Crippen MR) is 94.9 cm³/mol. The summed E-state index contributed by atoms with van der Waals surface area (Å²) in [5, 5.41) is 2.08. The largest absolute Gasteiger partial charge is 0.418 e. The molecule has 3 amide bonds. The molecule has 1 atom stereocenters. The van der Waals surface area contributed by atoms with Gasteiger partial charge in [0.2, 0.25) is 5.91 Å². The Balaban J connectivity index is 2.32. The SMILES string of the molecule is CN(CC(F)F)[C@H](C(N)=O)C(=O)Nc1ccc(N2CCOCC2=O)c(C(F)(F)F)c1. The Kier molecular flexibility index (Phi) is 7.31. The molecule has 0 radical (unpaired) electrons.